The normalized spacial score (nSPS) is 11.7. The first kappa shape index (κ1) is 13.3. The molecule has 1 aromatic carbocycles. The quantitative estimate of drug-likeness (QED) is 0.709. The second-order valence-corrected chi connectivity index (χ2v) is 3.58. The van der Waals surface area contributed by atoms with Crippen molar-refractivity contribution in [2.75, 3.05) is 20.3 Å². The first-order valence-electron chi connectivity index (χ1n) is 5.44. The molecule has 5 nitrogen and oxygen atoms in total. The molecule has 17 heavy (non-hydrogen) atoms. The van der Waals surface area contributed by atoms with Crippen LogP contribution in [0.3, 0.4) is 0 Å². The molecule has 0 aliphatic rings. The standard InChI is InChI=1S/C12H18N2O3/c1-9(13)12(15)14-7-8-17-11-6-4-3-5-10(11)16-2/h3-6,9H,7-8,13H2,1-2H3,(H,14,15). The van der Waals surface area contributed by atoms with Crippen molar-refractivity contribution < 1.29 is 14.3 Å². The van der Waals surface area contributed by atoms with Crippen LogP contribution in [0.5, 0.6) is 11.5 Å². The van der Waals surface area contributed by atoms with Crippen molar-refractivity contribution in [3.05, 3.63) is 24.3 Å². The number of methoxy groups -OCH3 is 1. The Morgan fingerprint density at radius 3 is 2.65 bits per heavy atom. The summed E-state index contributed by atoms with van der Waals surface area (Å²) in [4.78, 5) is 11.2. The minimum Gasteiger partial charge on any atom is -0.493 e. The molecule has 94 valence electrons. The summed E-state index contributed by atoms with van der Waals surface area (Å²) >= 11 is 0. The molecular weight excluding hydrogens is 220 g/mol. The largest absolute Gasteiger partial charge is 0.493 e. The van der Waals surface area contributed by atoms with E-state index in [1.54, 1.807) is 14.0 Å². The molecule has 0 spiro atoms. The van der Waals surface area contributed by atoms with Crippen molar-refractivity contribution in [2.45, 2.75) is 13.0 Å². The predicted octanol–water partition coefficient (Wildman–Crippen LogP) is 0.537. The number of ether oxygens (including phenoxy) is 2. The van der Waals surface area contributed by atoms with Crippen molar-refractivity contribution in [2.24, 2.45) is 5.73 Å². The van der Waals surface area contributed by atoms with Crippen LogP contribution in [-0.2, 0) is 4.79 Å². The number of nitrogens with one attached hydrogen (secondary N) is 1. The van der Waals surface area contributed by atoms with Crippen molar-refractivity contribution in [1.82, 2.24) is 5.32 Å². The monoisotopic (exact) mass is 238 g/mol. The highest BCUT2D eigenvalue weighted by Gasteiger charge is 2.06. The topological polar surface area (TPSA) is 73.6 Å². The molecule has 0 fully saturated rings. The number of amides is 1. The van der Waals surface area contributed by atoms with E-state index in [4.69, 9.17) is 15.2 Å². The van der Waals surface area contributed by atoms with Crippen LogP contribution in [0.15, 0.2) is 24.3 Å². The smallest absolute Gasteiger partial charge is 0.236 e. The number of carbonyl (C=O) groups is 1. The zero-order valence-corrected chi connectivity index (χ0v) is 10.1. The van der Waals surface area contributed by atoms with Gasteiger partial charge in [0.15, 0.2) is 11.5 Å². The fourth-order valence-electron chi connectivity index (χ4n) is 1.23. The molecule has 1 aromatic rings. The Labute approximate surface area is 101 Å². The molecule has 0 aliphatic heterocycles. The summed E-state index contributed by atoms with van der Waals surface area (Å²) < 4.78 is 10.6. The minimum atomic E-state index is -0.499. The Bertz CT molecular complexity index is 367. The van der Waals surface area contributed by atoms with E-state index in [0.717, 1.165) is 0 Å². The maximum atomic E-state index is 11.2. The van der Waals surface area contributed by atoms with Gasteiger partial charge < -0.3 is 20.5 Å². The van der Waals surface area contributed by atoms with Crippen LogP contribution in [0, 0.1) is 0 Å². The van der Waals surface area contributed by atoms with Crippen molar-refractivity contribution in [3.63, 3.8) is 0 Å². The molecule has 1 atom stereocenters. The minimum absolute atomic E-state index is 0.186. The molecule has 0 saturated heterocycles. The first-order chi connectivity index (χ1) is 8.15. The summed E-state index contributed by atoms with van der Waals surface area (Å²) in [5.41, 5.74) is 5.40. The molecule has 3 N–H and O–H groups in total. The van der Waals surface area contributed by atoms with Gasteiger partial charge in [-0.15, -0.1) is 0 Å². The van der Waals surface area contributed by atoms with Crippen LogP contribution in [0.4, 0.5) is 0 Å². The van der Waals surface area contributed by atoms with E-state index in [0.29, 0.717) is 24.7 Å². The summed E-state index contributed by atoms with van der Waals surface area (Å²) in [5.74, 6) is 1.14. The van der Waals surface area contributed by atoms with E-state index in [1.165, 1.54) is 0 Å². The molecule has 0 radical (unpaired) electrons. The van der Waals surface area contributed by atoms with Gasteiger partial charge in [-0.25, -0.2) is 0 Å². The predicted molar refractivity (Wildman–Crippen MR) is 65.1 cm³/mol. The molecule has 1 rings (SSSR count). The fourth-order valence-corrected chi connectivity index (χ4v) is 1.23. The van der Waals surface area contributed by atoms with Crippen molar-refractivity contribution in [3.8, 4) is 11.5 Å². The van der Waals surface area contributed by atoms with Crippen LogP contribution < -0.4 is 20.5 Å². The SMILES string of the molecule is COc1ccccc1OCCNC(=O)C(C)N. The lowest BCUT2D eigenvalue weighted by Crippen LogP contribution is -2.40. The van der Waals surface area contributed by atoms with Gasteiger partial charge in [-0.1, -0.05) is 12.1 Å². The van der Waals surface area contributed by atoms with Gasteiger partial charge in [0, 0.05) is 0 Å². The molecule has 1 unspecified atom stereocenters. The lowest BCUT2D eigenvalue weighted by molar-refractivity contribution is -0.122. The number of hydrogen-bond donors (Lipinski definition) is 2. The van der Waals surface area contributed by atoms with Gasteiger partial charge >= 0.3 is 0 Å². The highest BCUT2D eigenvalue weighted by Crippen LogP contribution is 2.25. The van der Waals surface area contributed by atoms with E-state index in [9.17, 15) is 4.79 Å². The maximum absolute atomic E-state index is 11.2. The Kier molecular flexibility index (Phi) is 5.29. The van der Waals surface area contributed by atoms with Crippen LogP contribution in [0.25, 0.3) is 0 Å². The highest BCUT2D eigenvalue weighted by atomic mass is 16.5. The molecule has 0 aromatic heterocycles. The average molecular weight is 238 g/mol. The molecule has 5 heteroatoms. The Hall–Kier alpha value is -1.75. The zero-order valence-electron chi connectivity index (χ0n) is 10.1. The third-order valence-electron chi connectivity index (χ3n) is 2.14. The molecule has 0 saturated carbocycles. The van der Waals surface area contributed by atoms with Gasteiger partial charge in [-0.2, -0.15) is 0 Å². The van der Waals surface area contributed by atoms with Gasteiger partial charge in [0.25, 0.3) is 0 Å². The number of nitrogens with two attached hydrogens (primary N) is 1. The Balaban J connectivity index is 2.33. The second kappa shape index (κ2) is 6.75. The van der Waals surface area contributed by atoms with Gasteiger partial charge in [-0.05, 0) is 19.1 Å². The molecule has 0 heterocycles. The average Bonchev–Trinajstić information content (AvgIpc) is 2.34. The summed E-state index contributed by atoms with van der Waals surface area (Å²) in [6.07, 6.45) is 0. The van der Waals surface area contributed by atoms with E-state index in [2.05, 4.69) is 5.32 Å². The Morgan fingerprint density at radius 2 is 2.06 bits per heavy atom. The van der Waals surface area contributed by atoms with E-state index >= 15 is 0 Å². The number of carbonyl (C=O) groups excluding carboxylic acids is 1. The third-order valence-corrected chi connectivity index (χ3v) is 2.14. The molecular formula is C12H18N2O3. The molecule has 1 amide bonds. The number of rotatable bonds is 6. The fraction of sp³-hybridized carbons (Fsp3) is 0.417. The third kappa shape index (κ3) is 4.32. The summed E-state index contributed by atoms with van der Waals surface area (Å²) in [6.45, 7) is 2.42. The lowest BCUT2D eigenvalue weighted by atomic mass is 10.3. The van der Waals surface area contributed by atoms with Crippen LogP contribution in [0.1, 0.15) is 6.92 Å². The Morgan fingerprint density at radius 1 is 1.41 bits per heavy atom. The number of benzene rings is 1. The van der Waals surface area contributed by atoms with Crippen LogP contribution >= 0.6 is 0 Å². The van der Waals surface area contributed by atoms with Crippen LogP contribution in [0.2, 0.25) is 0 Å². The van der Waals surface area contributed by atoms with E-state index in [-0.39, 0.29) is 5.91 Å². The summed E-state index contributed by atoms with van der Waals surface area (Å²) in [6, 6.07) is 6.85. The highest BCUT2D eigenvalue weighted by molar-refractivity contribution is 5.80. The summed E-state index contributed by atoms with van der Waals surface area (Å²) in [5, 5.41) is 2.66. The van der Waals surface area contributed by atoms with Crippen LogP contribution in [-0.4, -0.2) is 32.2 Å². The van der Waals surface area contributed by atoms with E-state index in [1.807, 2.05) is 24.3 Å². The molecule has 0 aliphatic carbocycles. The number of para-hydroxylation sites is 2. The van der Waals surface area contributed by atoms with Crippen molar-refractivity contribution >= 4 is 5.91 Å². The second-order valence-electron chi connectivity index (χ2n) is 3.58. The zero-order chi connectivity index (χ0) is 12.7. The van der Waals surface area contributed by atoms with Gasteiger partial charge in [0.1, 0.15) is 6.61 Å². The van der Waals surface area contributed by atoms with Crippen molar-refractivity contribution in [1.29, 1.82) is 0 Å². The number of hydrogen-bond acceptors (Lipinski definition) is 4. The first-order valence-corrected chi connectivity index (χ1v) is 5.44. The lowest BCUT2D eigenvalue weighted by Gasteiger charge is -2.11. The van der Waals surface area contributed by atoms with Gasteiger partial charge in [0.2, 0.25) is 5.91 Å². The summed E-state index contributed by atoms with van der Waals surface area (Å²) in [7, 11) is 1.58. The van der Waals surface area contributed by atoms with E-state index < -0.39 is 6.04 Å². The van der Waals surface area contributed by atoms with Gasteiger partial charge in [-0.3, -0.25) is 4.79 Å². The molecule has 0 bridgehead atoms. The van der Waals surface area contributed by atoms with Gasteiger partial charge in [0.05, 0.1) is 19.7 Å². The maximum Gasteiger partial charge on any atom is 0.236 e.